The van der Waals surface area contributed by atoms with Crippen LogP contribution in [0, 0.1) is 0 Å². The van der Waals surface area contributed by atoms with Gasteiger partial charge in [-0.3, -0.25) is 4.90 Å². The van der Waals surface area contributed by atoms with Gasteiger partial charge in [0.2, 0.25) is 0 Å². The maximum atomic E-state index is 12.9. The fourth-order valence-electron chi connectivity index (χ4n) is 4.64. The van der Waals surface area contributed by atoms with E-state index in [-0.39, 0.29) is 18.2 Å². The number of anilines is 1. The standard InChI is InChI=1S/C23H28N4O4S/c1-23(2,3)31-22(28)27-14-6-5-7-15(27)13-26(12-14)21-25-18-11-16(29-4)10-17(19(18)30-21)20-24-8-9-32-20/h8-11,14-15H,5-7,12-13H2,1-4H3. The van der Waals surface area contributed by atoms with Crippen molar-refractivity contribution in [2.75, 3.05) is 25.1 Å². The number of ether oxygens (including phenoxy) is 2. The molecular weight excluding hydrogens is 428 g/mol. The fourth-order valence-corrected chi connectivity index (χ4v) is 5.29. The first-order valence-corrected chi connectivity index (χ1v) is 11.8. The maximum Gasteiger partial charge on any atom is 0.410 e. The number of piperazine rings is 1. The molecule has 0 N–H and O–H groups in total. The number of hydrogen-bond donors (Lipinski definition) is 0. The number of carbonyl (C=O) groups is 1. The van der Waals surface area contributed by atoms with Crippen molar-refractivity contribution in [3.8, 4) is 16.3 Å². The second kappa shape index (κ2) is 7.95. The number of oxazole rings is 1. The van der Waals surface area contributed by atoms with Gasteiger partial charge in [-0.15, -0.1) is 11.3 Å². The van der Waals surface area contributed by atoms with E-state index in [4.69, 9.17) is 18.9 Å². The van der Waals surface area contributed by atoms with Gasteiger partial charge in [0.05, 0.1) is 24.8 Å². The number of thiazole rings is 1. The highest BCUT2D eigenvalue weighted by atomic mass is 32.1. The molecule has 0 radical (unpaired) electrons. The summed E-state index contributed by atoms with van der Waals surface area (Å²) in [6.45, 7) is 7.06. The number of fused-ring (bicyclic) bond motifs is 3. The lowest BCUT2D eigenvalue weighted by Gasteiger charge is -2.49. The van der Waals surface area contributed by atoms with Crippen LogP contribution in [0.15, 0.2) is 28.1 Å². The zero-order valence-corrected chi connectivity index (χ0v) is 19.6. The van der Waals surface area contributed by atoms with Crippen molar-refractivity contribution >= 4 is 34.5 Å². The minimum Gasteiger partial charge on any atom is -0.497 e. The maximum absolute atomic E-state index is 12.9. The molecule has 4 heterocycles. The van der Waals surface area contributed by atoms with Crippen LogP contribution in [0.3, 0.4) is 0 Å². The molecule has 2 atom stereocenters. The van der Waals surface area contributed by atoms with E-state index < -0.39 is 5.60 Å². The van der Waals surface area contributed by atoms with Gasteiger partial charge < -0.3 is 18.8 Å². The van der Waals surface area contributed by atoms with E-state index >= 15 is 0 Å². The first-order chi connectivity index (χ1) is 15.3. The van der Waals surface area contributed by atoms with Gasteiger partial charge in [-0.05, 0) is 46.1 Å². The third-order valence-corrected chi connectivity index (χ3v) is 6.76. The van der Waals surface area contributed by atoms with E-state index in [0.29, 0.717) is 30.4 Å². The van der Waals surface area contributed by atoms with Gasteiger partial charge in [-0.2, -0.15) is 4.98 Å². The molecule has 1 amide bonds. The Morgan fingerprint density at radius 1 is 1.22 bits per heavy atom. The van der Waals surface area contributed by atoms with E-state index in [0.717, 1.165) is 35.4 Å². The molecular formula is C23H28N4O4S. The van der Waals surface area contributed by atoms with E-state index in [1.54, 1.807) is 24.6 Å². The van der Waals surface area contributed by atoms with Gasteiger partial charge in [0, 0.05) is 30.7 Å². The zero-order chi connectivity index (χ0) is 22.5. The quantitative estimate of drug-likeness (QED) is 0.552. The number of hydrogen-bond acceptors (Lipinski definition) is 8. The monoisotopic (exact) mass is 456 g/mol. The Balaban J connectivity index is 1.45. The third-order valence-electron chi connectivity index (χ3n) is 5.95. The average Bonchev–Trinajstić information content (AvgIpc) is 3.40. The molecule has 32 heavy (non-hydrogen) atoms. The van der Waals surface area contributed by atoms with Crippen LogP contribution in [-0.2, 0) is 4.74 Å². The van der Waals surface area contributed by atoms with Crippen LogP contribution in [-0.4, -0.2) is 58.8 Å². The first kappa shape index (κ1) is 21.1. The van der Waals surface area contributed by atoms with Crippen LogP contribution in [0.5, 0.6) is 5.75 Å². The Hall–Kier alpha value is -2.81. The van der Waals surface area contributed by atoms with E-state index in [1.165, 1.54) is 0 Å². The van der Waals surface area contributed by atoms with Crippen LogP contribution in [0.4, 0.5) is 10.8 Å². The van der Waals surface area contributed by atoms with Gasteiger partial charge in [-0.25, -0.2) is 9.78 Å². The Kier molecular flexibility index (Phi) is 5.23. The van der Waals surface area contributed by atoms with Crippen LogP contribution in [0.25, 0.3) is 21.7 Å². The van der Waals surface area contributed by atoms with Gasteiger partial charge in [0.15, 0.2) is 5.58 Å². The molecule has 2 aliphatic heterocycles. The Labute approximate surface area is 191 Å². The summed E-state index contributed by atoms with van der Waals surface area (Å²) in [6, 6.07) is 4.56. The molecule has 0 aliphatic carbocycles. The summed E-state index contributed by atoms with van der Waals surface area (Å²) in [5.74, 6) is 0.717. The highest BCUT2D eigenvalue weighted by Crippen LogP contribution is 2.38. The summed E-state index contributed by atoms with van der Waals surface area (Å²) in [7, 11) is 1.64. The predicted octanol–water partition coefficient (Wildman–Crippen LogP) is 4.94. The molecule has 3 aromatic rings. The number of rotatable bonds is 3. The molecule has 170 valence electrons. The number of nitrogens with zero attached hydrogens (tertiary/aromatic N) is 4. The molecule has 2 bridgehead atoms. The molecule has 2 unspecified atom stereocenters. The summed E-state index contributed by atoms with van der Waals surface area (Å²) in [5, 5.41) is 2.80. The van der Waals surface area contributed by atoms with Crippen LogP contribution < -0.4 is 9.64 Å². The number of methoxy groups -OCH3 is 1. The van der Waals surface area contributed by atoms with Crippen molar-refractivity contribution in [2.24, 2.45) is 0 Å². The third kappa shape index (κ3) is 3.90. The normalized spacial score (nSPS) is 21.1. The molecule has 2 saturated heterocycles. The lowest BCUT2D eigenvalue weighted by molar-refractivity contribution is -0.0102. The number of piperidine rings is 1. The van der Waals surface area contributed by atoms with Crippen LogP contribution >= 0.6 is 11.3 Å². The van der Waals surface area contributed by atoms with Crippen LogP contribution in [0.2, 0.25) is 0 Å². The lowest BCUT2D eigenvalue weighted by atomic mass is 9.92. The minimum absolute atomic E-state index is 0.0836. The Morgan fingerprint density at radius 2 is 1.97 bits per heavy atom. The van der Waals surface area contributed by atoms with Crippen molar-refractivity contribution in [3.05, 3.63) is 23.7 Å². The number of benzene rings is 1. The highest BCUT2D eigenvalue weighted by Gasteiger charge is 2.43. The summed E-state index contributed by atoms with van der Waals surface area (Å²) >= 11 is 1.55. The summed E-state index contributed by atoms with van der Waals surface area (Å²) < 4.78 is 17.5. The highest BCUT2D eigenvalue weighted by molar-refractivity contribution is 7.13. The van der Waals surface area contributed by atoms with Crippen molar-refractivity contribution in [1.82, 2.24) is 14.9 Å². The molecule has 0 spiro atoms. The molecule has 8 nitrogen and oxygen atoms in total. The van der Waals surface area contributed by atoms with E-state index in [9.17, 15) is 4.79 Å². The second-order valence-corrected chi connectivity index (χ2v) is 10.3. The molecule has 2 aromatic heterocycles. The smallest absolute Gasteiger partial charge is 0.410 e. The first-order valence-electron chi connectivity index (χ1n) is 11.0. The van der Waals surface area contributed by atoms with Gasteiger partial charge >= 0.3 is 6.09 Å². The Bertz CT molecular complexity index is 1110. The molecule has 9 heteroatoms. The van der Waals surface area contributed by atoms with Crippen molar-refractivity contribution in [3.63, 3.8) is 0 Å². The number of amides is 1. The largest absolute Gasteiger partial charge is 0.497 e. The zero-order valence-electron chi connectivity index (χ0n) is 18.8. The van der Waals surface area contributed by atoms with Crippen molar-refractivity contribution < 1.29 is 18.7 Å². The van der Waals surface area contributed by atoms with E-state index in [1.807, 2.05) is 43.2 Å². The summed E-state index contributed by atoms with van der Waals surface area (Å²) in [6.07, 6.45) is 4.57. The average molecular weight is 457 g/mol. The van der Waals surface area contributed by atoms with Crippen LogP contribution in [0.1, 0.15) is 40.0 Å². The number of carbonyl (C=O) groups excluding carboxylic acids is 1. The molecule has 2 aliphatic rings. The van der Waals surface area contributed by atoms with Gasteiger partial charge in [0.25, 0.3) is 6.01 Å². The van der Waals surface area contributed by atoms with Gasteiger partial charge in [-0.1, -0.05) is 0 Å². The van der Waals surface area contributed by atoms with E-state index in [2.05, 4.69) is 9.88 Å². The molecule has 1 aromatic carbocycles. The fraction of sp³-hybridized carbons (Fsp3) is 0.522. The Morgan fingerprint density at radius 3 is 2.59 bits per heavy atom. The molecule has 5 rings (SSSR count). The lowest BCUT2D eigenvalue weighted by Crippen LogP contribution is -2.63. The summed E-state index contributed by atoms with van der Waals surface area (Å²) in [4.78, 5) is 26.2. The molecule has 0 saturated carbocycles. The minimum atomic E-state index is -0.506. The van der Waals surface area contributed by atoms with Crippen molar-refractivity contribution in [2.45, 2.75) is 57.7 Å². The molecule has 2 fully saturated rings. The second-order valence-electron chi connectivity index (χ2n) is 9.39. The number of aromatic nitrogens is 2. The summed E-state index contributed by atoms with van der Waals surface area (Å²) in [5.41, 5.74) is 1.81. The topological polar surface area (TPSA) is 80.9 Å². The predicted molar refractivity (Wildman–Crippen MR) is 123 cm³/mol. The van der Waals surface area contributed by atoms with Gasteiger partial charge in [0.1, 0.15) is 21.9 Å². The SMILES string of the molecule is COc1cc(-c2nccs2)c2oc(N3CC4CCCC(C3)N4C(=O)OC(C)(C)C)nc2c1. The van der Waals surface area contributed by atoms with Crippen molar-refractivity contribution in [1.29, 1.82) is 0 Å².